The number of aryl methyl sites for hydroxylation is 1. The van der Waals surface area contributed by atoms with Gasteiger partial charge in [0.15, 0.2) is 0 Å². The molecule has 2 aromatic carbocycles. The smallest absolute Gasteiger partial charge is 0.221 e. The Morgan fingerprint density at radius 3 is 2.84 bits per heavy atom. The average molecular weight is 359 g/mol. The van der Waals surface area contributed by atoms with Crippen molar-refractivity contribution in [3.05, 3.63) is 76.3 Å². The van der Waals surface area contributed by atoms with Crippen LogP contribution < -0.4 is 10.5 Å². The topological polar surface area (TPSA) is 65.4 Å². The highest BCUT2D eigenvalue weighted by molar-refractivity contribution is 6.31. The normalized spacial score (nSPS) is 11.2. The van der Waals surface area contributed by atoms with Crippen molar-refractivity contribution in [2.24, 2.45) is 5.10 Å². The summed E-state index contributed by atoms with van der Waals surface area (Å²) in [6.45, 7) is 2.06. The molecular formula is C18H16ClFN4O. The van der Waals surface area contributed by atoms with Crippen molar-refractivity contribution in [3.8, 4) is 5.75 Å². The quantitative estimate of drug-likeness (QED) is 0.700. The molecule has 0 aliphatic rings. The number of imidazole rings is 1. The van der Waals surface area contributed by atoms with Crippen molar-refractivity contribution in [3.63, 3.8) is 0 Å². The zero-order valence-corrected chi connectivity index (χ0v) is 14.2. The monoisotopic (exact) mass is 358 g/mol. The van der Waals surface area contributed by atoms with Gasteiger partial charge in [0.25, 0.3) is 0 Å². The molecule has 3 aromatic rings. The van der Waals surface area contributed by atoms with Crippen LogP contribution in [0.3, 0.4) is 0 Å². The van der Waals surface area contributed by atoms with Crippen LogP contribution in [0.2, 0.25) is 5.02 Å². The van der Waals surface area contributed by atoms with Crippen molar-refractivity contribution >= 4 is 23.8 Å². The summed E-state index contributed by atoms with van der Waals surface area (Å²) in [6.07, 6.45) is 3.37. The van der Waals surface area contributed by atoms with E-state index in [0.717, 1.165) is 11.3 Å². The van der Waals surface area contributed by atoms with Gasteiger partial charge in [-0.05, 0) is 31.2 Å². The molecule has 0 saturated heterocycles. The minimum absolute atomic E-state index is 0.219. The van der Waals surface area contributed by atoms with Crippen LogP contribution in [-0.4, -0.2) is 15.9 Å². The maximum atomic E-state index is 13.1. The highest BCUT2D eigenvalue weighted by Gasteiger charge is 2.06. The van der Waals surface area contributed by atoms with Crippen LogP contribution in [0.1, 0.15) is 16.8 Å². The predicted octanol–water partition coefficient (Wildman–Crippen LogP) is 4.03. The van der Waals surface area contributed by atoms with Crippen LogP contribution in [0, 0.1) is 12.7 Å². The third kappa shape index (κ3) is 4.16. The SMILES string of the molecule is Cc1cn(N=Cc2ccccc2OCc2ccc(F)cc2Cl)c(N)n1. The van der Waals surface area contributed by atoms with E-state index in [-0.39, 0.29) is 12.4 Å². The lowest BCUT2D eigenvalue weighted by Gasteiger charge is -2.10. The van der Waals surface area contributed by atoms with Gasteiger partial charge in [-0.25, -0.2) is 14.1 Å². The van der Waals surface area contributed by atoms with Gasteiger partial charge >= 0.3 is 0 Å². The number of anilines is 1. The number of halogens is 2. The largest absolute Gasteiger partial charge is 0.488 e. The molecule has 7 heteroatoms. The fourth-order valence-electron chi connectivity index (χ4n) is 2.23. The molecule has 0 amide bonds. The van der Waals surface area contributed by atoms with E-state index in [4.69, 9.17) is 22.1 Å². The zero-order valence-electron chi connectivity index (χ0n) is 13.5. The number of hydrogen-bond donors (Lipinski definition) is 1. The number of benzene rings is 2. The number of para-hydroxylation sites is 1. The van der Waals surface area contributed by atoms with Gasteiger partial charge in [-0.2, -0.15) is 5.10 Å². The molecule has 3 rings (SSSR count). The summed E-state index contributed by atoms with van der Waals surface area (Å²) in [5.74, 6) is 0.557. The average Bonchev–Trinajstić information content (AvgIpc) is 2.90. The molecule has 1 aromatic heterocycles. The van der Waals surface area contributed by atoms with Crippen LogP contribution in [0.25, 0.3) is 0 Å². The molecule has 0 radical (unpaired) electrons. The second-order valence-corrected chi connectivity index (χ2v) is 5.80. The van der Waals surface area contributed by atoms with E-state index in [2.05, 4.69) is 10.1 Å². The van der Waals surface area contributed by atoms with Gasteiger partial charge in [0, 0.05) is 11.1 Å². The van der Waals surface area contributed by atoms with Gasteiger partial charge in [-0.1, -0.05) is 29.8 Å². The van der Waals surface area contributed by atoms with Crippen LogP contribution in [-0.2, 0) is 6.61 Å². The molecule has 0 spiro atoms. The lowest BCUT2D eigenvalue weighted by molar-refractivity contribution is 0.305. The van der Waals surface area contributed by atoms with Gasteiger partial charge < -0.3 is 10.5 Å². The summed E-state index contributed by atoms with van der Waals surface area (Å²) in [7, 11) is 0. The number of aromatic nitrogens is 2. The third-order valence-electron chi connectivity index (χ3n) is 3.47. The molecule has 0 aliphatic carbocycles. The highest BCUT2D eigenvalue weighted by Crippen LogP contribution is 2.22. The van der Waals surface area contributed by atoms with E-state index < -0.39 is 0 Å². The summed E-state index contributed by atoms with van der Waals surface area (Å²) in [5, 5.41) is 4.62. The molecule has 128 valence electrons. The first-order valence-electron chi connectivity index (χ1n) is 7.54. The third-order valence-corrected chi connectivity index (χ3v) is 3.83. The molecule has 0 aliphatic heterocycles. The van der Waals surface area contributed by atoms with Crippen LogP contribution >= 0.6 is 11.6 Å². The Morgan fingerprint density at radius 2 is 2.12 bits per heavy atom. The summed E-state index contributed by atoms with van der Waals surface area (Å²) in [5.41, 5.74) is 8.02. The number of nitrogens with zero attached hydrogens (tertiary/aromatic N) is 3. The summed E-state index contributed by atoms with van der Waals surface area (Å²) in [6, 6.07) is 11.6. The Morgan fingerprint density at radius 1 is 1.32 bits per heavy atom. The fraction of sp³-hybridized carbons (Fsp3) is 0.111. The van der Waals surface area contributed by atoms with Crippen molar-refractivity contribution in [1.82, 2.24) is 9.66 Å². The molecule has 0 bridgehead atoms. The molecule has 0 unspecified atom stereocenters. The van der Waals surface area contributed by atoms with Gasteiger partial charge in [-0.3, -0.25) is 0 Å². The number of nitrogen functional groups attached to an aromatic ring is 1. The Labute approximate surface area is 149 Å². The first-order chi connectivity index (χ1) is 12.0. The van der Waals surface area contributed by atoms with Crippen LogP contribution in [0.4, 0.5) is 10.3 Å². The molecule has 2 N–H and O–H groups in total. The summed E-state index contributed by atoms with van der Waals surface area (Å²) >= 11 is 6.03. The second-order valence-electron chi connectivity index (χ2n) is 5.39. The summed E-state index contributed by atoms with van der Waals surface area (Å²) in [4.78, 5) is 4.09. The van der Waals surface area contributed by atoms with E-state index in [1.807, 2.05) is 31.2 Å². The van der Waals surface area contributed by atoms with Crippen molar-refractivity contribution in [1.29, 1.82) is 0 Å². The zero-order chi connectivity index (χ0) is 17.8. The van der Waals surface area contributed by atoms with E-state index in [0.29, 0.717) is 22.3 Å². The van der Waals surface area contributed by atoms with Gasteiger partial charge in [0.05, 0.1) is 23.1 Å². The Bertz CT molecular complexity index is 923. The van der Waals surface area contributed by atoms with E-state index in [1.165, 1.54) is 16.8 Å². The van der Waals surface area contributed by atoms with E-state index >= 15 is 0 Å². The van der Waals surface area contributed by atoms with Crippen molar-refractivity contribution < 1.29 is 9.13 Å². The first-order valence-corrected chi connectivity index (χ1v) is 7.92. The standard InChI is InChI=1S/C18H16ClFN4O/c1-12-10-24(18(21)23-12)22-9-13-4-2-3-5-17(13)25-11-14-6-7-15(20)8-16(14)19/h2-10H,11H2,1H3,(H2,21,23). The molecular weight excluding hydrogens is 343 g/mol. The number of ether oxygens (including phenoxy) is 1. The highest BCUT2D eigenvalue weighted by atomic mass is 35.5. The lowest BCUT2D eigenvalue weighted by Crippen LogP contribution is -2.01. The molecule has 0 fully saturated rings. The molecule has 5 nitrogen and oxygen atoms in total. The number of rotatable bonds is 5. The Kier molecular flexibility index (Phi) is 5.00. The second kappa shape index (κ2) is 7.36. The Hall–Kier alpha value is -2.86. The number of hydrogen-bond acceptors (Lipinski definition) is 4. The minimum Gasteiger partial charge on any atom is -0.488 e. The first kappa shape index (κ1) is 17.0. The fourth-order valence-corrected chi connectivity index (χ4v) is 2.46. The van der Waals surface area contributed by atoms with Crippen molar-refractivity contribution in [2.75, 3.05) is 5.73 Å². The van der Waals surface area contributed by atoms with E-state index in [9.17, 15) is 4.39 Å². The van der Waals surface area contributed by atoms with Crippen molar-refractivity contribution in [2.45, 2.75) is 13.5 Å². The molecule has 25 heavy (non-hydrogen) atoms. The molecule has 1 heterocycles. The van der Waals surface area contributed by atoms with Gasteiger partial charge in [0.2, 0.25) is 5.95 Å². The van der Waals surface area contributed by atoms with Crippen LogP contribution in [0.15, 0.2) is 53.8 Å². The minimum atomic E-state index is -0.380. The maximum absolute atomic E-state index is 13.1. The lowest BCUT2D eigenvalue weighted by atomic mass is 10.2. The number of nitrogens with two attached hydrogens (primary N) is 1. The van der Waals surface area contributed by atoms with Gasteiger partial charge in [-0.15, -0.1) is 0 Å². The van der Waals surface area contributed by atoms with E-state index in [1.54, 1.807) is 18.5 Å². The van der Waals surface area contributed by atoms with Gasteiger partial charge in [0.1, 0.15) is 18.2 Å². The predicted molar refractivity (Wildman–Crippen MR) is 96.6 cm³/mol. The maximum Gasteiger partial charge on any atom is 0.221 e. The summed E-state index contributed by atoms with van der Waals surface area (Å²) < 4.78 is 20.4. The van der Waals surface area contributed by atoms with Crippen LogP contribution in [0.5, 0.6) is 5.75 Å². The molecule has 0 saturated carbocycles. The Balaban J connectivity index is 1.78. The molecule has 0 atom stereocenters.